The summed E-state index contributed by atoms with van der Waals surface area (Å²) in [7, 11) is 0. The van der Waals surface area contributed by atoms with Gasteiger partial charge in [-0.1, -0.05) is 35.3 Å². The van der Waals surface area contributed by atoms with E-state index >= 15 is 0 Å². The van der Waals surface area contributed by atoms with Crippen molar-refractivity contribution in [2.45, 2.75) is 6.54 Å². The smallest absolute Gasteiger partial charge is 0.308 e. The second-order valence-corrected chi connectivity index (χ2v) is 6.02. The van der Waals surface area contributed by atoms with Gasteiger partial charge in [-0.15, -0.1) is 0 Å². The third-order valence-corrected chi connectivity index (χ3v) is 3.71. The third-order valence-electron chi connectivity index (χ3n) is 3.23. The SMILES string of the molecule is O=C(Nc1ccc(Cl)cc1)Nc1cnn(Cc2cccc(Cl)c2)c1. The van der Waals surface area contributed by atoms with Crippen LogP contribution in [0.25, 0.3) is 0 Å². The Hall–Kier alpha value is -2.50. The maximum atomic E-state index is 12.0. The van der Waals surface area contributed by atoms with Crippen LogP contribution >= 0.6 is 23.2 Å². The van der Waals surface area contributed by atoms with Crippen LogP contribution in [-0.2, 0) is 6.54 Å². The molecular weight excluding hydrogens is 347 g/mol. The van der Waals surface area contributed by atoms with Crippen LogP contribution in [0.3, 0.4) is 0 Å². The van der Waals surface area contributed by atoms with Crippen LogP contribution in [0, 0.1) is 0 Å². The van der Waals surface area contributed by atoms with E-state index in [0.29, 0.717) is 28.0 Å². The first-order valence-corrected chi connectivity index (χ1v) is 7.94. The zero-order valence-electron chi connectivity index (χ0n) is 12.5. The van der Waals surface area contributed by atoms with E-state index in [1.807, 2.05) is 24.3 Å². The van der Waals surface area contributed by atoms with Crippen LogP contribution in [0.4, 0.5) is 16.2 Å². The molecule has 2 N–H and O–H groups in total. The number of hydrogen-bond acceptors (Lipinski definition) is 2. The van der Waals surface area contributed by atoms with Gasteiger partial charge in [0.15, 0.2) is 0 Å². The van der Waals surface area contributed by atoms with Gasteiger partial charge in [-0.25, -0.2) is 4.79 Å². The summed E-state index contributed by atoms with van der Waals surface area (Å²) in [6.45, 7) is 0.570. The number of amides is 2. The van der Waals surface area contributed by atoms with Gasteiger partial charge >= 0.3 is 6.03 Å². The molecule has 0 atom stereocenters. The Bertz CT molecular complexity index is 846. The molecule has 3 aromatic rings. The molecule has 0 aliphatic heterocycles. The van der Waals surface area contributed by atoms with E-state index in [-0.39, 0.29) is 6.03 Å². The molecule has 7 heteroatoms. The van der Waals surface area contributed by atoms with Gasteiger partial charge in [0, 0.05) is 21.9 Å². The number of urea groups is 1. The highest BCUT2D eigenvalue weighted by atomic mass is 35.5. The standard InChI is InChI=1S/C17H14Cl2N4O/c18-13-4-6-15(7-5-13)21-17(24)22-16-9-20-23(11-16)10-12-2-1-3-14(19)8-12/h1-9,11H,10H2,(H2,21,22,24). The molecule has 0 saturated carbocycles. The third kappa shape index (κ3) is 4.50. The van der Waals surface area contributed by atoms with E-state index in [1.54, 1.807) is 41.3 Å². The molecule has 0 fully saturated rings. The van der Waals surface area contributed by atoms with Gasteiger partial charge in [-0.2, -0.15) is 5.10 Å². The lowest BCUT2D eigenvalue weighted by atomic mass is 10.2. The molecule has 0 bridgehead atoms. The summed E-state index contributed by atoms with van der Waals surface area (Å²) in [5.74, 6) is 0. The molecule has 3 rings (SSSR count). The van der Waals surface area contributed by atoms with Crippen molar-refractivity contribution in [3.05, 3.63) is 76.5 Å². The van der Waals surface area contributed by atoms with Crippen molar-refractivity contribution in [2.75, 3.05) is 10.6 Å². The molecule has 5 nitrogen and oxygen atoms in total. The number of anilines is 2. The number of halogens is 2. The number of carbonyl (C=O) groups is 1. The number of nitrogens with one attached hydrogen (secondary N) is 2. The topological polar surface area (TPSA) is 59.0 Å². The van der Waals surface area contributed by atoms with Crippen molar-refractivity contribution in [1.82, 2.24) is 9.78 Å². The van der Waals surface area contributed by atoms with E-state index in [1.165, 1.54) is 0 Å². The summed E-state index contributed by atoms with van der Waals surface area (Å²) in [6, 6.07) is 14.1. The normalized spacial score (nSPS) is 10.4. The summed E-state index contributed by atoms with van der Waals surface area (Å²) in [5, 5.41) is 11.0. The molecular formula is C17H14Cl2N4O. The van der Waals surface area contributed by atoms with Crippen molar-refractivity contribution in [2.24, 2.45) is 0 Å². The van der Waals surface area contributed by atoms with Crippen LogP contribution < -0.4 is 10.6 Å². The molecule has 0 spiro atoms. The van der Waals surface area contributed by atoms with Crippen LogP contribution in [0.1, 0.15) is 5.56 Å². The van der Waals surface area contributed by atoms with Gasteiger partial charge in [0.25, 0.3) is 0 Å². The Balaban J connectivity index is 1.59. The summed E-state index contributed by atoms with van der Waals surface area (Å²) in [5.41, 5.74) is 2.29. The lowest BCUT2D eigenvalue weighted by Crippen LogP contribution is -2.19. The van der Waals surface area contributed by atoms with Crippen LogP contribution in [0.5, 0.6) is 0 Å². The monoisotopic (exact) mass is 360 g/mol. The Kier molecular flexibility index (Phi) is 5.03. The Morgan fingerprint density at radius 3 is 2.50 bits per heavy atom. The molecule has 2 aromatic carbocycles. The Morgan fingerprint density at radius 1 is 1.00 bits per heavy atom. The average Bonchev–Trinajstić information content (AvgIpc) is 2.96. The molecule has 122 valence electrons. The van der Waals surface area contributed by atoms with E-state index in [2.05, 4.69) is 15.7 Å². The van der Waals surface area contributed by atoms with Crippen LogP contribution in [0.15, 0.2) is 60.9 Å². The van der Waals surface area contributed by atoms with Gasteiger partial charge in [0.1, 0.15) is 0 Å². The Morgan fingerprint density at radius 2 is 1.75 bits per heavy atom. The molecule has 24 heavy (non-hydrogen) atoms. The van der Waals surface area contributed by atoms with Crippen molar-refractivity contribution in [3.63, 3.8) is 0 Å². The maximum Gasteiger partial charge on any atom is 0.323 e. The molecule has 0 aliphatic carbocycles. The average molecular weight is 361 g/mol. The van der Waals surface area contributed by atoms with Crippen molar-refractivity contribution in [3.8, 4) is 0 Å². The first-order chi connectivity index (χ1) is 11.6. The zero-order chi connectivity index (χ0) is 16.9. The van der Waals surface area contributed by atoms with Crippen molar-refractivity contribution in [1.29, 1.82) is 0 Å². The van der Waals surface area contributed by atoms with E-state index in [0.717, 1.165) is 5.56 Å². The van der Waals surface area contributed by atoms with Gasteiger partial charge in [0.05, 0.1) is 18.4 Å². The first-order valence-electron chi connectivity index (χ1n) is 7.19. The van der Waals surface area contributed by atoms with Crippen LogP contribution in [0.2, 0.25) is 10.0 Å². The number of benzene rings is 2. The first kappa shape index (κ1) is 16.4. The van der Waals surface area contributed by atoms with Gasteiger partial charge in [0.2, 0.25) is 0 Å². The largest absolute Gasteiger partial charge is 0.323 e. The Labute approximate surface area is 149 Å². The van der Waals surface area contributed by atoms with Crippen molar-refractivity contribution >= 4 is 40.6 Å². The number of rotatable bonds is 4. The molecule has 0 saturated heterocycles. The van der Waals surface area contributed by atoms with Gasteiger partial charge in [-0.3, -0.25) is 4.68 Å². The molecule has 0 radical (unpaired) electrons. The van der Waals surface area contributed by atoms with E-state index in [4.69, 9.17) is 23.2 Å². The summed E-state index contributed by atoms with van der Waals surface area (Å²) in [6.07, 6.45) is 3.34. The van der Waals surface area contributed by atoms with Gasteiger partial charge < -0.3 is 10.6 Å². The molecule has 0 aliphatic rings. The fourth-order valence-corrected chi connectivity index (χ4v) is 2.50. The number of hydrogen-bond donors (Lipinski definition) is 2. The fourth-order valence-electron chi connectivity index (χ4n) is 2.16. The summed E-state index contributed by atoms with van der Waals surface area (Å²) in [4.78, 5) is 12.0. The predicted molar refractivity (Wildman–Crippen MR) is 96.9 cm³/mol. The molecule has 1 aromatic heterocycles. The maximum absolute atomic E-state index is 12.0. The highest BCUT2D eigenvalue weighted by Crippen LogP contribution is 2.15. The second-order valence-electron chi connectivity index (χ2n) is 5.14. The fraction of sp³-hybridized carbons (Fsp3) is 0.0588. The summed E-state index contributed by atoms with van der Waals surface area (Å²) < 4.78 is 1.73. The number of carbonyl (C=O) groups excluding carboxylic acids is 1. The quantitative estimate of drug-likeness (QED) is 0.696. The highest BCUT2D eigenvalue weighted by Gasteiger charge is 2.05. The molecule has 1 heterocycles. The van der Waals surface area contributed by atoms with E-state index < -0.39 is 0 Å². The predicted octanol–water partition coefficient (Wildman–Crippen LogP) is 4.88. The lowest BCUT2D eigenvalue weighted by Gasteiger charge is -2.06. The number of nitrogens with zero attached hydrogens (tertiary/aromatic N) is 2. The van der Waals surface area contributed by atoms with E-state index in [9.17, 15) is 4.79 Å². The van der Waals surface area contributed by atoms with Crippen LogP contribution in [-0.4, -0.2) is 15.8 Å². The summed E-state index contributed by atoms with van der Waals surface area (Å²) >= 11 is 11.8. The van der Waals surface area contributed by atoms with Crippen molar-refractivity contribution < 1.29 is 4.79 Å². The molecule has 2 amide bonds. The zero-order valence-corrected chi connectivity index (χ0v) is 14.1. The second kappa shape index (κ2) is 7.38. The lowest BCUT2D eigenvalue weighted by molar-refractivity contribution is 0.262. The minimum absolute atomic E-state index is 0.348. The number of aromatic nitrogens is 2. The highest BCUT2D eigenvalue weighted by molar-refractivity contribution is 6.30. The minimum Gasteiger partial charge on any atom is -0.308 e. The molecule has 0 unspecified atom stereocenters. The van der Waals surface area contributed by atoms with Gasteiger partial charge in [-0.05, 0) is 42.0 Å². The minimum atomic E-state index is -0.348.